The van der Waals surface area contributed by atoms with Gasteiger partial charge in [-0.25, -0.2) is 4.79 Å². The summed E-state index contributed by atoms with van der Waals surface area (Å²) >= 11 is 5.98. The molecule has 0 N–H and O–H groups in total. The summed E-state index contributed by atoms with van der Waals surface area (Å²) in [6.45, 7) is 3.65. The van der Waals surface area contributed by atoms with Crippen molar-refractivity contribution in [1.82, 2.24) is 0 Å². The smallest absolute Gasteiger partial charge is 0.346 e. The Morgan fingerprint density at radius 2 is 2.19 bits per heavy atom. The number of halogens is 1. The van der Waals surface area contributed by atoms with Gasteiger partial charge in [-0.05, 0) is 37.1 Å². The third-order valence-electron chi connectivity index (χ3n) is 2.24. The summed E-state index contributed by atoms with van der Waals surface area (Å²) in [5.41, 5.74) is 0.997. The predicted octanol–water partition coefficient (Wildman–Crippen LogP) is 2.84. The fraction of sp³-hybridized carbons (Fsp3) is 0.417. The molecular weight excluding hydrogens is 228 g/mol. The van der Waals surface area contributed by atoms with Crippen molar-refractivity contribution in [1.29, 1.82) is 0 Å². The van der Waals surface area contributed by atoms with E-state index in [0.717, 1.165) is 12.0 Å². The van der Waals surface area contributed by atoms with Gasteiger partial charge in [0.05, 0.1) is 7.11 Å². The van der Waals surface area contributed by atoms with E-state index in [1.165, 1.54) is 7.11 Å². The van der Waals surface area contributed by atoms with Crippen LogP contribution in [0.4, 0.5) is 0 Å². The first kappa shape index (κ1) is 12.8. The molecular formula is C12H15ClO3. The summed E-state index contributed by atoms with van der Waals surface area (Å²) in [5, 5.41) is 0.709. The predicted molar refractivity (Wildman–Crippen MR) is 62.9 cm³/mol. The van der Waals surface area contributed by atoms with Crippen LogP contribution in [0.2, 0.25) is 5.02 Å². The quantitative estimate of drug-likeness (QED) is 0.762. The normalized spacial score (nSPS) is 12.0. The number of hydrogen-bond acceptors (Lipinski definition) is 3. The summed E-state index contributed by atoms with van der Waals surface area (Å²) in [4.78, 5) is 11.2. The highest BCUT2D eigenvalue weighted by molar-refractivity contribution is 6.31. The van der Waals surface area contributed by atoms with Crippen LogP contribution >= 0.6 is 11.6 Å². The Labute approximate surface area is 100 Å². The minimum Gasteiger partial charge on any atom is -0.479 e. The highest BCUT2D eigenvalue weighted by Crippen LogP contribution is 2.23. The van der Waals surface area contributed by atoms with Crippen LogP contribution in [0.1, 0.15) is 19.4 Å². The van der Waals surface area contributed by atoms with E-state index in [-0.39, 0.29) is 0 Å². The van der Waals surface area contributed by atoms with Crippen molar-refractivity contribution in [3.8, 4) is 5.75 Å². The molecule has 0 aliphatic carbocycles. The summed E-state index contributed by atoms with van der Waals surface area (Å²) < 4.78 is 10.0. The van der Waals surface area contributed by atoms with E-state index in [2.05, 4.69) is 4.74 Å². The molecule has 0 saturated carbocycles. The average Bonchev–Trinajstić information content (AvgIpc) is 2.30. The summed E-state index contributed by atoms with van der Waals surface area (Å²) in [5.74, 6) is 0.229. The third kappa shape index (κ3) is 3.14. The van der Waals surface area contributed by atoms with Gasteiger partial charge in [0.1, 0.15) is 5.75 Å². The molecule has 88 valence electrons. The van der Waals surface area contributed by atoms with Crippen LogP contribution < -0.4 is 4.74 Å². The lowest BCUT2D eigenvalue weighted by Gasteiger charge is -2.13. The van der Waals surface area contributed by atoms with Gasteiger partial charge in [-0.2, -0.15) is 0 Å². The standard InChI is InChI=1S/C12H15ClO3/c1-4-9-7-10(5-6-11(9)13)16-8(2)12(14)15-3/h5-8H,4H2,1-3H3/t8-/m0/s1. The van der Waals surface area contributed by atoms with Crippen LogP contribution in [0.3, 0.4) is 0 Å². The van der Waals surface area contributed by atoms with Crippen molar-refractivity contribution in [3.05, 3.63) is 28.8 Å². The minimum absolute atomic E-state index is 0.395. The molecule has 0 unspecified atom stereocenters. The van der Waals surface area contributed by atoms with Gasteiger partial charge in [0, 0.05) is 5.02 Å². The van der Waals surface area contributed by atoms with Gasteiger partial charge < -0.3 is 9.47 Å². The van der Waals surface area contributed by atoms with E-state index in [1.54, 1.807) is 19.1 Å². The number of esters is 1. The Hall–Kier alpha value is -1.22. The van der Waals surface area contributed by atoms with Gasteiger partial charge in [0.25, 0.3) is 0 Å². The number of hydrogen-bond donors (Lipinski definition) is 0. The highest BCUT2D eigenvalue weighted by atomic mass is 35.5. The van der Waals surface area contributed by atoms with Crippen molar-refractivity contribution in [2.75, 3.05) is 7.11 Å². The van der Waals surface area contributed by atoms with Crippen molar-refractivity contribution >= 4 is 17.6 Å². The molecule has 0 aliphatic rings. The second-order valence-electron chi connectivity index (χ2n) is 3.39. The molecule has 1 rings (SSSR count). The number of ether oxygens (including phenoxy) is 2. The molecule has 16 heavy (non-hydrogen) atoms. The molecule has 0 spiro atoms. The first-order valence-electron chi connectivity index (χ1n) is 5.11. The zero-order chi connectivity index (χ0) is 12.1. The van der Waals surface area contributed by atoms with Crippen LogP contribution in [0.15, 0.2) is 18.2 Å². The Kier molecular flexibility index (Phi) is 4.62. The molecule has 4 heteroatoms. The molecule has 0 aliphatic heterocycles. The molecule has 3 nitrogen and oxygen atoms in total. The Morgan fingerprint density at radius 3 is 2.75 bits per heavy atom. The number of rotatable bonds is 4. The maximum Gasteiger partial charge on any atom is 0.346 e. The molecule has 0 saturated heterocycles. The van der Waals surface area contributed by atoms with E-state index < -0.39 is 12.1 Å². The Bertz CT molecular complexity index is 377. The molecule has 1 aromatic rings. The molecule has 0 radical (unpaired) electrons. The summed E-state index contributed by atoms with van der Waals surface area (Å²) in [6, 6.07) is 5.34. The number of aryl methyl sites for hydroxylation is 1. The van der Waals surface area contributed by atoms with E-state index in [1.807, 2.05) is 13.0 Å². The monoisotopic (exact) mass is 242 g/mol. The summed E-state index contributed by atoms with van der Waals surface area (Å²) in [7, 11) is 1.33. The molecule has 0 amide bonds. The zero-order valence-corrected chi connectivity index (χ0v) is 10.4. The van der Waals surface area contributed by atoms with Gasteiger partial charge in [0.2, 0.25) is 0 Å². The highest BCUT2D eigenvalue weighted by Gasteiger charge is 2.15. The van der Waals surface area contributed by atoms with E-state index in [0.29, 0.717) is 10.8 Å². The van der Waals surface area contributed by atoms with Crippen LogP contribution in [0.5, 0.6) is 5.75 Å². The fourth-order valence-corrected chi connectivity index (χ4v) is 1.56. The van der Waals surface area contributed by atoms with Gasteiger partial charge in [-0.15, -0.1) is 0 Å². The lowest BCUT2D eigenvalue weighted by atomic mass is 10.1. The first-order chi connectivity index (χ1) is 7.58. The lowest BCUT2D eigenvalue weighted by Crippen LogP contribution is -2.24. The van der Waals surface area contributed by atoms with Crippen molar-refractivity contribution in [2.24, 2.45) is 0 Å². The number of methoxy groups -OCH3 is 1. The largest absolute Gasteiger partial charge is 0.479 e. The van der Waals surface area contributed by atoms with Crippen molar-refractivity contribution in [2.45, 2.75) is 26.4 Å². The Balaban J connectivity index is 2.78. The van der Waals surface area contributed by atoms with Crippen molar-refractivity contribution in [3.63, 3.8) is 0 Å². The van der Waals surface area contributed by atoms with Crippen LogP contribution in [-0.4, -0.2) is 19.2 Å². The van der Waals surface area contributed by atoms with Crippen molar-refractivity contribution < 1.29 is 14.3 Å². The lowest BCUT2D eigenvalue weighted by molar-refractivity contribution is -0.147. The summed E-state index contributed by atoms with van der Waals surface area (Å²) in [6.07, 6.45) is 0.207. The topological polar surface area (TPSA) is 35.5 Å². The molecule has 0 fully saturated rings. The van der Waals surface area contributed by atoms with Gasteiger partial charge in [0.15, 0.2) is 6.10 Å². The fourth-order valence-electron chi connectivity index (χ4n) is 1.31. The van der Waals surface area contributed by atoms with E-state index in [4.69, 9.17) is 16.3 Å². The molecule has 1 atom stereocenters. The SMILES string of the molecule is CCc1cc(O[C@@H](C)C(=O)OC)ccc1Cl. The number of benzene rings is 1. The minimum atomic E-state index is -0.615. The van der Waals surface area contributed by atoms with E-state index in [9.17, 15) is 4.79 Å². The molecule has 0 aromatic heterocycles. The third-order valence-corrected chi connectivity index (χ3v) is 2.61. The Morgan fingerprint density at radius 1 is 1.50 bits per heavy atom. The van der Waals surface area contributed by atoms with Gasteiger partial charge in [-0.3, -0.25) is 0 Å². The number of carbonyl (C=O) groups is 1. The second-order valence-corrected chi connectivity index (χ2v) is 3.80. The maximum absolute atomic E-state index is 11.2. The molecule has 0 heterocycles. The van der Waals surface area contributed by atoms with E-state index >= 15 is 0 Å². The van der Waals surface area contributed by atoms with Crippen LogP contribution in [0.25, 0.3) is 0 Å². The zero-order valence-electron chi connectivity index (χ0n) is 9.62. The maximum atomic E-state index is 11.2. The first-order valence-corrected chi connectivity index (χ1v) is 5.49. The van der Waals surface area contributed by atoms with Gasteiger partial charge in [-0.1, -0.05) is 18.5 Å². The molecule has 1 aromatic carbocycles. The average molecular weight is 243 g/mol. The molecule has 0 bridgehead atoms. The number of carbonyl (C=O) groups excluding carboxylic acids is 1. The van der Waals surface area contributed by atoms with Gasteiger partial charge >= 0.3 is 5.97 Å². The second kappa shape index (κ2) is 5.75. The van der Waals surface area contributed by atoms with Crippen LogP contribution in [-0.2, 0) is 16.0 Å². The van der Waals surface area contributed by atoms with Crippen LogP contribution in [0, 0.1) is 0 Å².